The number of hydrogen-bond acceptors (Lipinski definition) is 4. The average molecular weight is 404 g/mol. The topological polar surface area (TPSA) is 35.6 Å². The Morgan fingerprint density at radius 2 is 2.04 bits per heavy atom. The second-order valence-corrected chi connectivity index (χ2v) is 9.22. The van der Waals surface area contributed by atoms with Gasteiger partial charge >= 0.3 is 0 Å². The quantitative estimate of drug-likeness (QED) is 0.632. The number of nitrogens with one attached hydrogen (secondary N) is 1. The van der Waals surface area contributed by atoms with Gasteiger partial charge in [-0.1, -0.05) is 19.1 Å². The molecule has 0 bridgehead atoms. The van der Waals surface area contributed by atoms with Crippen LogP contribution >= 0.6 is 11.8 Å². The largest absolute Gasteiger partial charge is 0.355 e. The third-order valence-electron chi connectivity index (χ3n) is 6.47. The summed E-state index contributed by atoms with van der Waals surface area (Å²) < 4.78 is 0. The smallest absolute Gasteiger partial charge is 0.220 e. The van der Waals surface area contributed by atoms with Gasteiger partial charge in [-0.15, -0.1) is 11.8 Å². The van der Waals surface area contributed by atoms with E-state index in [1.165, 1.54) is 42.7 Å². The minimum Gasteiger partial charge on any atom is -0.355 e. The Balaban J connectivity index is 1.31. The molecule has 0 aromatic heterocycles. The molecule has 5 heteroatoms. The summed E-state index contributed by atoms with van der Waals surface area (Å²) in [5.41, 5.74) is 1.41. The fourth-order valence-corrected chi connectivity index (χ4v) is 5.14. The number of thioether (sulfide) groups is 1. The highest BCUT2D eigenvalue weighted by Gasteiger charge is 2.24. The molecule has 2 aliphatic rings. The van der Waals surface area contributed by atoms with Crippen molar-refractivity contribution in [2.45, 2.75) is 62.9 Å². The zero-order chi connectivity index (χ0) is 19.8. The van der Waals surface area contributed by atoms with Crippen LogP contribution in [0.25, 0.3) is 0 Å². The van der Waals surface area contributed by atoms with E-state index in [-0.39, 0.29) is 5.91 Å². The molecule has 28 heavy (non-hydrogen) atoms. The van der Waals surface area contributed by atoms with Gasteiger partial charge in [0.2, 0.25) is 5.91 Å². The maximum atomic E-state index is 12.3. The molecule has 1 N–H and O–H groups in total. The Labute approximate surface area is 175 Å². The van der Waals surface area contributed by atoms with Gasteiger partial charge in [-0.2, -0.15) is 0 Å². The monoisotopic (exact) mass is 403 g/mol. The standard InChI is InChI=1S/C23H37N3OS/c1-3-26-13-5-7-21(26)17-24-23(27)10-9-19-11-14-25(15-12-19)18-20-6-4-8-22(16-20)28-2/h4,6,8,16,19,21H,3,5,7,9-15,17-18H2,1-2H3,(H,24,27)/t21-/m0/s1. The number of carbonyl (C=O) groups is 1. The van der Waals surface area contributed by atoms with Crippen LogP contribution in [-0.2, 0) is 11.3 Å². The van der Waals surface area contributed by atoms with E-state index >= 15 is 0 Å². The van der Waals surface area contributed by atoms with E-state index in [0.717, 1.165) is 39.1 Å². The van der Waals surface area contributed by atoms with Crippen LogP contribution in [-0.4, -0.2) is 60.7 Å². The van der Waals surface area contributed by atoms with Gasteiger partial charge < -0.3 is 5.32 Å². The number of benzene rings is 1. The number of piperidine rings is 1. The summed E-state index contributed by atoms with van der Waals surface area (Å²) in [6.45, 7) is 8.70. The van der Waals surface area contributed by atoms with Gasteiger partial charge in [0.1, 0.15) is 0 Å². The Morgan fingerprint density at radius 1 is 1.21 bits per heavy atom. The molecule has 4 nitrogen and oxygen atoms in total. The molecule has 0 saturated carbocycles. The zero-order valence-electron chi connectivity index (χ0n) is 17.7. The van der Waals surface area contributed by atoms with E-state index in [1.807, 2.05) is 11.8 Å². The highest BCUT2D eigenvalue weighted by Crippen LogP contribution is 2.24. The van der Waals surface area contributed by atoms with Crippen molar-refractivity contribution in [3.63, 3.8) is 0 Å². The van der Waals surface area contributed by atoms with Crippen molar-refractivity contribution in [2.24, 2.45) is 5.92 Å². The van der Waals surface area contributed by atoms with Crippen molar-refractivity contribution < 1.29 is 4.79 Å². The molecule has 2 heterocycles. The van der Waals surface area contributed by atoms with Gasteiger partial charge in [0.15, 0.2) is 0 Å². The fourth-order valence-electron chi connectivity index (χ4n) is 4.66. The molecule has 0 radical (unpaired) electrons. The van der Waals surface area contributed by atoms with Crippen LogP contribution in [0.5, 0.6) is 0 Å². The molecule has 1 amide bonds. The zero-order valence-corrected chi connectivity index (χ0v) is 18.5. The number of likely N-dealkylation sites (N-methyl/N-ethyl adjacent to an activating group) is 1. The Hall–Kier alpha value is -1.04. The highest BCUT2D eigenvalue weighted by atomic mass is 32.2. The van der Waals surface area contributed by atoms with E-state index in [2.05, 4.69) is 52.6 Å². The first kappa shape index (κ1) is 21.7. The predicted molar refractivity (Wildman–Crippen MR) is 119 cm³/mol. The number of amides is 1. The van der Waals surface area contributed by atoms with Crippen LogP contribution in [0.4, 0.5) is 0 Å². The summed E-state index contributed by atoms with van der Waals surface area (Å²) >= 11 is 1.81. The first-order chi connectivity index (χ1) is 13.7. The average Bonchev–Trinajstić information content (AvgIpc) is 3.19. The van der Waals surface area contributed by atoms with Crippen LogP contribution in [0.3, 0.4) is 0 Å². The Bertz CT molecular complexity index is 616. The van der Waals surface area contributed by atoms with Gasteiger partial charge in [-0.3, -0.25) is 14.6 Å². The van der Waals surface area contributed by atoms with Crippen LogP contribution in [0.15, 0.2) is 29.2 Å². The Kier molecular flexibility index (Phi) is 8.68. The fraction of sp³-hybridized carbons (Fsp3) is 0.696. The molecule has 2 fully saturated rings. The first-order valence-electron chi connectivity index (χ1n) is 11.0. The molecule has 0 unspecified atom stereocenters. The van der Waals surface area contributed by atoms with Gasteiger partial charge in [0.25, 0.3) is 0 Å². The van der Waals surface area contributed by atoms with Crippen molar-refractivity contribution in [2.75, 3.05) is 39.0 Å². The summed E-state index contributed by atoms with van der Waals surface area (Å²) in [7, 11) is 0. The lowest BCUT2D eigenvalue weighted by atomic mass is 9.92. The lowest BCUT2D eigenvalue weighted by Crippen LogP contribution is -2.40. The molecular weight excluding hydrogens is 366 g/mol. The van der Waals surface area contributed by atoms with Crippen molar-refractivity contribution in [3.8, 4) is 0 Å². The lowest BCUT2D eigenvalue weighted by molar-refractivity contribution is -0.121. The second-order valence-electron chi connectivity index (χ2n) is 8.34. The molecule has 2 saturated heterocycles. The Morgan fingerprint density at radius 3 is 2.79 bits per heavy atom. The maximum absolute atomic E-state index is 12.3. The van der Waals surface area contributed by atoms with E-state index in [4.69, 9.17) is 0 Å². The molecule has 1 aromatic carbocycles. The molecule has 3 rings (SSSR count). The summed E-state index contributed by atoms with van der Waals surface area (Å²) in [5, 5.41) is 3.19. The molecule has 0 spiro atoms. The molecule has 1 atom stereocenters. The first-order valence-corrected chi connectivity index (χ1v) is 12.3. The predicted octanol–water partition coefficient (Wildman–Crippen LogP) is 4.00. The van der Waals surface area contributed by atoms with Crippen molar-refractivity contribution >= 4 is 17.7 Å². The van der Waals surface area contributed by atoms with Crippen LogP contribution in [0, 0.1) is 5.92 Å². The van der Waals surface area contributed by atoms with E-state index < -0.39 is 0 Å². The minimum absolute atomic E-state index is 0.249. The minimum atomic E-state index is 0.249. The van der Waals surface area contributed by atoms with Crippen molar-refractivity contribution in [1.29, 1.82) is 0 Å². The number of rotatable bonds is 9. The number of carbonyl (C=O) groups excluding carboxylic acids is 1. The van der Waals surface area contributed by atoms with E-state index in [9.17, 15) is 4.79 Å². The third kappa shape index (κ3) is 6.50. The van der Waals surface area contributed by atoms with E-state index in [0.29, 0.717) is 18.4 Å². The summed E-state index contributed by atoms with van der Waals surface area (Å²) in [6.07, 6.45) is 8.82. The number of hydrogen-bond donors (Lipinski definition) is 1. The van der Waals surface area contributed by atoms with Crippen LogP contribution in [0.1, 0.15) is 51.0 Å². The van der Waals surface area contributed by atoms with Crippen molar-refractivity contribution in [1.82, 2.24) is 15.1 Å². The molecule has 0 aliphatic carbocycles. The van der Waals surface area contributed by atoms with E-state index in [1.54, 1.807) is 0 Å². The summed E-state index contributed by atoms with van der Waals surface area (Å²) in [4.78, 5) is 18.7. The highest BCUT2D eigenvalue weighted by molar-refractivity contribution is 7.98. The normalized spacial score (nSPS) is 21.9. The number of nitrogens with zero attached hydrogens (tertiary/aromatic N) is 2. The molecular formula is C23H37N3OS. The van der Waals surface area contributed by atoms with Gasteiger partial charge in [0.05, 0.1) is 0 Å². The molecule has 1 aromatic rings. The van der Waals surface area contributed by atoms with Gasteiger partial charge in [0, 0.05) is 30.4 Å². The third-order valence-corrected chi connectivity index (χ3v) is 7.19. The van der Waals surface area contributed by atoms with Crippen LogP contribution in [0.2, 0.25) is 0 Å². The number of likely N-dealkylation sites (tertiary alicyclic amines) is 2. The van der Waals surface area contributed by atoms with Crippen LogP contribution < -0.4 is 5.32 Å². The lowest BCUT2D eigenvalue weighted by Gasteiger charge is -2.32. The van der Waals surface area contributed by atoms with Gasteiger partial charge in [-0.25, -0.2) is 0 Å². The summed E-state index contributed by atoms with van der Waals surface area (Å²) in [6, 6.07) is 9.45. The molecule has 156 valence electrons. The summed E-state index contributed by atoms with van der Waals surface area (Å²) in [5.74, 6) is 0.956. The second kappa shape index (κ2) is 11.2. The SMILES string of the molecule is CCN1CCC[C@H]1CNC(=O)CCC1CCN(Cc2cccc(SC)c2)CC1. The molecule has 2 aliphatic heterocycles. The van der Waals surface area contributed by atoms with Crippen molar-refractivity contribution in [3.05, 3.63) is 29.8 Å². The van der Waals surface area contributed by atoms with Gasteiger partial charge in [-0.05, 0) is 88.2 Å². The maximum Gasteiger partial charge on any atom is 0.220 e.